The summed E-state index contributed by atoms with van der Waals surface area (Å²) in [6.45, 7) is 1.59. The molecular weight excluding hydrogens is 316 g/mol. The number of carbonyl (C=O) groups is 1. The summed E-state index contributed by atoms with van der Waals surface area (Å²) in [6.07, 6.45) is 0. The van der Waals surface area contributed by atoms with Gasteiger partial charge in [-0.25, -0.2) is 0 Å². The molecule has 0 amide bonds. The average molecular weight is 327 g/mol. The van der Waals surface area contributed by atoms with Gasteiger partial charge in [0.25, 0.3) is 0 Å². The van der Waals surface area contributed by atoms with Crippen LogP contribution in [-0.4, -0.2) is 5.78 Å². The van der Waals surface area contributed by atoms with Gasteiger partial charge in [0.1, 0.15) is 0 Å². The van der Waals surface area contributed by atoms with Gasteiger partial charge in [0, 0.05) is 30.9 Å². The molecule has 2 aromatic rings. The molecule has 88 valence electrons. The molecule has 0 bridgehead atoms. The molecule has 1 aromatic heterocycles. The van der Waals surface area contributed by atoms with Crippen LogP contribution in [0.1, 0.15) is 22.2 Å². The molecule has 1 aromatic carbocycles. The van der Waals surface area contributed by atoms with Gasteiger partial charge < -0.3 is 0 Å². The molecule has 0 radical (unpaired) electrons. The minimum absolute atomic E-state index is 0.115. The third-order valence-corrected chi connectivity index (χ3v) is 5.20. The zero-order valence-electron chi connectivity index (χ0n) is 9.27. The Hall–Kier alpha value is -0.580. The van der Waals surface area contributed by atoms with Crippen LogP contribution < -0.4 is 0 Å². The summed E-state index contributed by atoms with van der Waals surface area (Å²) in [7, 11) is 0. The maximum absolute atomic E-state index is 11.1. The Morgan fingerprint density at radius 2 is 2.06 bits per heavy atom. The molecule has 0 atom stereocenters. The van der Waals surface area contributed by atoms with E-state index < -0.39 is 0 Å². The fourth-order valence-corrected chi connectivity index (χ4v) is 3.77. The molecule has 1 nitrogen and oxygen atoms in total. The van der Waals surface area contributed by atoms with Gasteiger partial charge in [-0.15, -0.1) is 23.1 Å². The summed E-state index contributed by atoms with van der Waals surface area (Å²) in [4.78, 5) is 13.7. The monoisotopic (exact) mass is 326 g/mol. The van der Waals surface area contributed by atoms with Gasteiger partial charge in [0.05, 0.1) is 0 Å². The van der Waals surface area contributed by atoms with Crippen molar-refractivity contribution < 1.29 is 4.79 Å². The largest absolute Gasteiger partial charge is 0.295 e. The molecule has 0 aliphatic rings. The molecule has 0 unspecified atom stereocenters. The van der Waals surface area contributed by atoms with Crippen molar-refractivity contribution in [3.05, 3.63) is 50.6 Å². The van der Waals surface area contributed by atoms with Crippen LogP contribution in [0.5, 0.6) is 0 Å². The van der Waals surface area contributed by atoms with Crippen molar-refractivity contribution in [3.8, 4) is 0 Å². The predicted octanol–water partition coefficient (Wildman–Crippen LogP) is 5.01. The Morgan fingerprint density at radius 3 is 2.59 bits per heavy atom. The molecule has 0 spiro atoms. The first-order chi connectivity index (χ1) is 8.15. The third-order valence-electron chi connectivity index (χ3n) is 2.26. The average Bonchev–Trinajstić information content (AvgIpc) is 2.73. The van der Waals surface area contributed by atoms with Crippen molar-refractivity contribution in [3.63, 3.8) is 0 Å². The van der Waals surface area contributed by atoms with Crippen molar-refractivity contribution in [1.82, 2.24) is 0 Å². The van der Waals surface area contributed by atoms with E-state index in [0.717, 1.165) is 15.8 Å². The number of benzene rings is 1. The highest BCUT2D eigenvalue weighted by Crippen LogP contribution is 2.28. The fourth-order valence-electron chi connectivity index (χ4n) is 1.37. The van der Waals surface area contributed by atoms with Crippen molar-refractivity contribution in [2.24, 2.45) is 0 Å². The lowest BCUT2D eigenvalue weighted by molar-refractivity contribution is 0.101. The second-order valence-electron chi connectivity index (χ2n) is 3.60. The lowest BCUT2D eigenvalue weighted by Crippen LogP contribution is -1.90. The van der Waals surface area contributed by atoms with Crippen LogP contribution in [0.25, 0.3) is 0 Å². The van der Waals surface area contributed by atoms with Gasteiger partial charge in [-0.1, -0.05) is 12.1 Å². The highest BCUT2D eigenvalue weighted by molar-refractivity contribution is 9.10. The first-order valence-electron chi connectivity index (χ1n) is 5.12. The Kier molecular flexibility index (Phi) is 4.42. The van der Waals surface area contributed by atoms with E-state index in [1.54, 1.807) is 30.0 Å². The predicted molar refractivity (Wildman–Crippen MR) is 78.0 cm³/mol. The lowest BCUT2D eigenvalue weighted by atomic mass is 10.2. The van der Waals surface area contributed by atoms with Crippen molar-refractivity contribution >= 4 is 44.8 Å². The summed E-state index contributed by atoms with van der Waals surface area (Å²) in [5.74, 6) is 1.08. The smallest absolute Gasteiger partial charge is 0.159 e. The number of carbonyl (C=O) groups excluding carboxylic acids is 1. The van der Waals surface area contributed by atoms with Gasteiger partial charge in [0.15, 0.2) is 5.78 Å². The zero-order valence-corrected chi connectivity index (χ0v) is 12.5. The number of hydrogen-bond acceptors (Lipinski definition) is 3. The number of Topliss-reactive ketones (excluding diaryl/α,β-unsaturated/α-hetero) is 1. The van der Waals surface area contributed by atoms with E-state index in [2.05, 4.69) is 27.4 Å². The van der Waals surface area contributed by atoms with E-state index in [4.69, 9.17) is 0 Å². The molecule has 4 heteroatoms. The van der Waals surface area contributed by atoms with Gasteiger partial charge in [0.2, 0.25) is 0 Å². The molecule has 0 aliphatic carbocycles. The van der Waals surface area contributed by atoms with E-state index in [1.165, 1.54) is 9.77 Å². The van der Waals surface area contributed by atoms with Crippen LogP contribution in [-0.2, 0) is 5.75 Å². The standard InChI is InChI=1S/C13H11BrOS2/c1-9(15)10-2-4-12(5-3-10)17-8-13-6-11(14)7-16-13/h2-7H,8H2,1H3. The second kappa shape index (κ2) is 5.85. The zero-order chi connectivity index (χ0) is 12.3. The topological polar surface area (TPSA) is 17.1 Å². The molecule has 2 rings (SSSR count). The second-order valence-corrected chi connectivity index (χ2v) is 6.56. The SMILES string of the molecule is CC(=O)c1ccc(SCc2cc(Br)cs2)cc1. The molecule has 0 saturated carbocycles. The van der Waals surface area contributed by atoms with E-state index in [0.29, 0.717) is 0 Å². The van der Waals surface area contributed by atoms with Gasteiger partial charge >= 0.3 is 0 Å². The van der Waals surface area contributed by atoms with Crippen LogP contribution in [0.15, 0.2) is 45.1 Å². The lowest BCUT2D eigenvalue weighted by Gasteiger charge is -2.01. The highest BCUT2D eigenvalue weighted by atomic mass is 79.9. The molecule has 0 N–H and O–H groups in total. The summed E-state index contributed by atoms with van der Waals surface area (Å²) < 4.78 is 1.14. The van der Waals surface area contributed by atoms with Crippen molar-refractivity contribution in [2.45, 2.75) is 17.6 Å². The van der Waals surface area contributed by atoms with E-state index in [-0.39, 0.29) is 5.78 Å². The van der Waals surface area contributed by atoms with Crippen LogP contribution >= 0.6 is 39.0 Å². The molecule has 0 saturated heterocycles. The number of rotatable bonds is 4. The van der Waals surface area contributed by atoms with Gasteiger partial charge in [-0.3, -0.25) is 4.79 Å². The minimum atomic E-state index is 0.115. The minimum Gasteiger partial charge on any atom is -0.295 e. The van der Waals surface area contributed by atoms with E-state index in [9.17, 15) is 4.79 Å². The normalized spacial score (nSPS) is 10.5. The summed E-state index contributed by atoms with van der Waals surface area (Å²) >= 11 is 6.99. The Morgan fingerprint density at radius 1 is 1.35 bits per heavy atom. The number of thiophene rings is 1. The summed E-state index contributed by atoms with van der Waals surface area (Å²) in [5, 5.41) is 2.09. The maximum atomic E-state index is 11.1. The van der Waals surface area contributed by atoms with E-state index >= 15 is 0 Å². The number of ketones is 1. The number of thioether (sulfide) groups is 1. The van der Waals surface area contributed by atoms with Crippen molar-refractivity contribution in [1.29, 1.82) is 0 Å². The Labute approximate surface area is 117 Å². The van der Waals surface area contributed by atoms with Gasteiger partial charge in [-0.05, 0) is 41.1 Å². The Balaban J connectivity index is 1.97. The van der Waals surface area contributed by atoms with E-state index in [1.807, 2.05) is 24.3 Å². The van der Waals surface area contributed by atoms with Crippen LogP contribution in [0, 0.1) is 0 Å². The third kappa shape index (κ3) is 3.69. The maximum Gasteiger partial charge on any atom is 0.159 e. The first kappa shape index (κ1) is 12.9. The first-order valence-corrected chi connectivity index (χ1v) is 7.77. The van der Waals surface area contributed by atoms with Crippen LogP contribution in [0.3, 0.4) is 0 Å². The fraction of sp³-hybridized carbons (Fsp3) is 0.154. The molecule has 0 aliphatic heterocycles. The number of halogens is 1. The molecular formula is C13H11BrOS2. The highest BCUT2D eigenvalue weighted by Gasteiger charge is 2.01. The van der Waals surface area contributed by atoms with Crippen molar-refractivity contribution in [2.75, 3.05) is 0 Å². The summed E-state index contributed by atoms with van der Waals surface area (Å²) in [5.41, 5.74) is 0.771. The van der Waals surface area contributed by atoms with Crippen LogP contribution in [0.2, 0.25) is 0 Å². The Bertz CT molecular complexity index is 516. The van der Waals surface area contributed by atoms with Gasteiger partial charge in [-0.2, -0.15) is 0 Å². The molecule has 1 heterocycles. The summed E-state index contributed by atoms with van der Waals surface area (Å²) in [6, 6.07) is 9.92. The van der Waals surface area contributed by atoms with Crippen LogP contribution in [0.4, 0.5) is 0 Å². The molecule has 17 heavy (non-hydrogen) atoms. The quantitative estimate of drug-likeness (QED) is 0.580. The molecule has 0 fully saturated rings. The number of hydrogen-bond donors (Lipinski definition) is 0.